The van der Waals surface area contributed by atoms with E-state index < -0.39 is 24.3 Å². The van der Waals surface area contributed by atoms with Gasteiger partial charge >= 0.3 is 5.97 Å². The first kappa shape index (κ1) is 21.2. The summed E-state index contributed by atoms with van der Waals surface area (Å²) in [7, 11) is 1.48. The summed E-state index contributed by atoms with van der Waals surface area (Å²) in [6.07, 6.45) is 1.92. The Morgan fingerprint density at radius 1 is 1.11 bits per heavy atom. The van der Waals surface area contributed by atoms with Crippen LogP contribution >= 0.6 is 0 Å². The van der Waals surface area contributed by atoms with Crippen molar-refractivity contribution in [1.29, 1.82) is 0 Å². The fourth-order valence-electron chi connectivity index (χ4n) is 2.34. The number of hydrogen-bond donors (Lipinski definition) is 1. The lowest BCUT2D eigenvalue weighted by Crippen LogP contribution is -2.28. The van der Waals surface area contributed by atoms with Crippen molar-refractivity contribution >= 4 is 11.9 Å². The first-order valence-corrected chi connectivity index (χ1v) is 9.03. The van der Waals surface area contributed by atoms with Gasteiger partial charge in [0, 0.05) is 12.1 Å². The lowest BCUT2D eigenvalue weighted by Gasteiger charge is -2.12. The molecular formula is C21H24FNO5. The predicted octanol–water partition coefficient (Wildman–Crippen LogP) is 3.49. The van der Waals surface area contributed by atoms with Gasteiger partial charge in [0.05, 0.1) is 19.3 Å². The van der Waals surface area contributed by atoms with E-state index in [4.69, 9.17) is 14.2 Å². The van der Waals surface area contributed by atoms with Crippen molar-refractivity contribution in [2.75, 3.05) is 20.3 Å². The Labute approximate surface area is 163 Å². The first-order chi connectivity index (χ1) is 13.5. The number of carbonyl (C=O) groups excluding carboxylic acids is 2. The molecule has 1 N–H and O–H groups in total. The zero-order chi connectivity index (χ0) is 20.4. The second-order valence-corrected chi connectivity index (χ2v) is 6.01. The monoisotopic (exact) mass is 389 g/mol. The van der Waals surface area contributed by atoms with Gasteiger partial charge in [-0.15, -0.1) is 0 Å². The zero-order valence-corrected chi connectivity index (χ0v) is 16.0. The first-order valence-electron chi connectivity index (χ1n) is 9.03. The number of rotatable bonds is 10. The molecule has 0 aliphatic rings. The summed E-state index contributed by atoms with van der Waals surface area (Å²) in [4.78, 5) is 24.0. The number of halogens is 1. The van der Waals surface area contributed by atoms with Crippen molar-refractivity contribution in [2.24, 2.45) is 0 Å². The van der Waals surface area contributed by atoms with Crippen LogP contribution in [-0.2, 0) is 16.1 Å². The lowest BCUT2D eigenvalue weighted by atomic mass is 10.2. The summed E-state index contributed by atoms with van der Waals surface area (Å²) in [6, 6.07) is 10.8. The van der Waals surface area contributed by atoms with E-state index in [1.165, 1.54) is 19.2 Å². The molecule has 0 aliphatic heterocycles. The Bertz CT molecular complexity index is 809. The van der Waals surface area contributed by atoms with Crippen molar-refractivity contribution in [2.45, 2.75) is 26.3 Å². The number of ether oxygens (including phenoxy) is 3. The molecule has 0 spiro atoms. The third-order valence-electron chi connectivity index (χ3n) is 3.92. The average Bonchev–Trinajstić information content (AvgIpc) is 2.71. The van der Waals surface area contributed by atoms with Crippen LogP contribution in [0.5, 0.6) is 11.5 Å². The van der Waals surface area contributed by atoms with Gasteiger partial charge in [0.15, 0.2) is 18.1 Å². The molecule has 0 radical (unpaired) electrons. The van der Waals surface area contributed by atoms with Crippen LogP contribution in [0.3, 0.4) is 0 Å². The molecule has 0 fully saturated rings. The summed E-state index contributed by atoms with van der Waals surface area (Å²) >= 11 is 0. The zero-order valence-electron chi connectivity index (χ0n) is 16.0. The third kappa shape index (κ3) is 6.26. The summed E-state index contributed by atoms with van der Waals surface area (Å²) in [5.41, 5.74) is 0.590. The molecule has 6 nitrogen and oxygen atoms in total. The molecule has 0 saturated carbocycles. The maximum absolute atomic E-state index is 13.5. The number of nitrogens with one attached hydrogen (secondary N) is 1. The van der Waals surface area contributed by atoms with E-state index >= 15 is 0 Å². The van der Waals surface area contributed by atoms with Crippen LogP contribution < -0.4 is 14.8 Å². The molecule has 28 heavy (non-hydrogen) atoms. The minimum absolute atomic E-state index is 0.0146. The Kier molecular flexibility index (Phi) is 8.27. The van der Waals surface area contributed by atoms with Crippen LogP contribution in [0.25, 0.3) is 0 Å². The highest BCUT2D eigenvalue weighted by molar-refractivity contribution is 5.92. The van der Waals surface area contributed by atoms with Gasteiger partial charge in [-0.05, 0) is 30.7 Å². The van der Waals surface area contributed by atoms with E-state index in [0.29, 0.717) is 23.7 Å². The molecule has 0 heterocycles. The van der Waals surface area contributed by atoms with Crippen LogP contribution in [0.4, 0.5) is 4.39 Å². The molecule has 0 bridgehead atoms. The van der Waals surface area contributed by atoms with Crippen LogP contribution in [0.1, 0.15) is 35.7 Å². The van der Waals surface area contributed by atoms with Crippen molar-refractivity contribution in [1.82, 2.24) is 5.32 Å². The van der Waals surface area contributed by atoms with Gasteiger partial charge in [0.25, 0.3) is 5.91 Å². The van der Waals surface area contributed by atoms with Crippen molar-refractivity contribution in [3.05, 3.63) is 59.4 Å². The standard InChI is InChI=1S/C21H24FNO5/c1-3-4-11-27-18-10-9-15(12-19(18)26-2)21(25)28-14-20(24)23-13-16-7-5-6-8-17(16)22/h5-10,12H,3-4,11,13-14H2,1-2H3,(H,23,24). The fraction of sp³-hybridized carbons (Fsp3) is 0.333. The Balaban J connectivity index is 1.86. The van der Waals surface area contributed by atoms with Crippen molar-refractivity contribution < 1.29 is 28.2 Å². The van der Waals surface area contributed by atoms with Gasteiger partial charge in [0.2, 0.25) is 0 Å². The van der Waals surface area contributed by atoms with Crippen molar-refractivity contribution in [3.63, 3.8) is 0 Å². The minimum atomic E-state index is -0.667. The highest BCUT2D eigenvalue weighted by Crippen LogP contribution is 2.28. The molecule has 150 valence electrons. The van der Waals surface area contributed by atoms with Crippen LogP contribution in [0.2, 0.25) is 0 Å². The van der Waals surface area contributed by atoms with E-state index in [1.54, 1.807) is 30.3 Å². The smallest absolute Gasteiger partial charge is 0.338 e. The largest absolute Gasteiger partial charge is 0.493 e. The number of methoxy groups -OCH3 is 1. The van der Waals surface area contributed by atoms with E-state index in [9.17, 15) is 14.0 Å². The Morgan fingerprint density at radius 2 is 1.89 bits per heavy atom. The van der Waals surface area contributed by atoms with Gasteiger partial charge in [-0.25, -0.2) is 9.18 Å². The summed E-state index contributed by atoms with van der Waals surface area (Å²) in [6.45, 7) is 2.16. The Hall–Kier alpha value is -3.09. The molecule has 7 heteroatoms. The molecule has 0 aliphatic carbocycles. The second-order valence-electron chi connectivity index (χ2n) is 6.01. The number of hydrogen-bond acceptors (Lipinski definition) is 5. The molecule has 0 atom stereocenters. The SMILES string of the molecule is CCCCOc1ccc(C(=O)OCC(=O)NCc2ccccc2F)cc1OC. The maximum Gasteiger partial charge on any atom is 0.338 e. The molecule has 0 aromatic heterocycles. The number of carbonyl (C=O) groups is 2. The normalized spacial score (nSPS) is 10.2. The van der Waals surface area contributed by atoms with E-state index in [1.807, 2.05) is 0 Å². The molecule has 2 rings (SSSR count). The molecule has 0 unspecified atom stereocenters. The summed E-state index contributed by atoms with van der Waals surface area (Å²) in [5, 5.41) is 2.51. The van der Waals surface area contributed by atoms with Crippen LogP contribution in [0.15, 0.2) is 42.5 Å². The lowest BCUT2D eigenvalue weighted by molar-refractivity contribution is -0.124. The quantitative estimate of drug-likeness (QED) is 0.497. The third-order valence-corrected chi connectivity index (χ3v) is 3.92. The highest BCUT2D eigenvalue weighted by atomic mass is 19.1. The topological polar surface area (TPSA) is 73.9 Å². The Morgan fingerprint density at radius 3 is 2.61 bits per heavy atom. The fourth-order valence-corrected chi connectivity index (χ4v) is 2.34. The van der Waals surface area contributed by atoms with Gasteiger partial charge in [-0.1, -0.05) is 31.5 Å². The van der Waals surface area contributed by atoms with E-state index in [0.717, 1.165) is 12.8 Å². The van der Waals surface area contributed by atoms with Crippen molar-refractivity contribution in [3.8, 4) is 11.5 Å². The molecule has 2 aromatic rings. The van der Waals surface area contributed by atoms with Crippen LogP contribution in [0, 0.1) is 5.82 Å². The van der Waals surface area contributed by atoms with E-state index in [2.05, 4.69) is 12.2 Å². The number of amides is 1. The number of esters is 1. The minimum Gasteiger partial charge on any atom is -0.493 e. The molecule has 0 saturated heterocycles. The maximum atomic E-state index is 13.5. The predicted molar refractivity (Wildman–Crippen MR) is 102 cm³/mol. The number of benzene rings is 2. The second kappa shape index (κ2) is 10.9. The van der Waals surface area contributed by atoms with Gasteiger partial charge in [0.1, 0.15) is 5.82 Å². The highest BCUT2D eigenvalue weighted by Gasteiger charge is 2.14. The van der Waals surface area contributed by atoms with Gasteiger partial charge in [-0.3, -0.25) is 4.79 Å². The molecular weight excluding hydrogens is 365 g/mol. The van der Waals surface area contributed by atoms with Crippen LogP contribution in [-0.4, -0.2) is 32.2 Å². The summed E-state index contributed by atoms with van der Waals surface area (Å²) in [5.74, 6) is -0.652. The molecule has 2 aromatic carbocycles. The molecule has 1 amide bonds. The average molecular weight is 389 g/mol. The number of unbranched alkanes of at least 4 members (excludes halogenated alkanes) is 1. The van der Waals surface area contributed by atoms with E-state index in [-0.39, 0.29) is 12.1 Å². The van der Waals surface area contributed by atoms with Gasteiger partial charge < -0.3 is 19.5 Å². The van der Waals surface area contributed by atoms with Gasteiger partial charge in [-0.2, -0.15) is 0 Å². The summed E-state index contributed by atoms with van der Waals surface area (Å²) < 4.78 is 29.4.